The topological polar surface area (TPSA) is 41.1 Å². The number of rotatable bonds is 5. The highest BCUT2D eigenvalue weighted by molar-refractivity contribution is 14.1. The number of halogens is 2. The molecule has 3 nitrogen and oxygen atoms in total. The number of hydrogen-bond donors (Lipinski definition) is 2. The Morgan fingerprint density at radius 1 is 1.19 bits per heavy atom. The summed E-state index contributed by atoms with van der Waals surface area (Å²) in [7, 11) is 0. The fourth-order valence-electron chi connectivity index (χ4n) is 1.87. The zero-order valence-corrected chi connectivity index (χ0v) is 14.5. The minimum Gasteiger partial charge on any atom is -0.324 e. The lowest BCUT2D eigenvalue weighted by Crippen LogP contribution is -2.30. The van der Waals surface area contributed by atoms with E-state index >= 15 is 0 Å². The fourth-order valence-corrected chi connectivity index (χ4v) is 2.52. The van der Waals surface area contributed by atoms with Gasteiger partial charge in [-0.15, -0.1) is 0 Å². The molecule has 0 fully saturated rings. The molecule has 2 aromatic rings. The average Bonchev–Trinajstić information content (AvgIpc) is 2.48. The SMILES string of the molecule is C[C@H](NCC(=O)Nc1ccccc1I)c1ccc(Cl)cc1. The van der Waals surface area contributed by atoms with Crippen molar-refractivity contribution in [2.75, 3.05) is 11.9 Å². The van der Waals surface area contributed by atoms with Crippen LogP contribution in [0.3, 0.4) is 0 Å². The summed E-state index contributed by atoms with van der Waals surface area (Å²) in [5.41, 5.74) is 1.94. The van der Waals surface area contributed by atoms with Gasteiger partial charge in [0.2, 0.25) is 5.91 Å². The standard InChI is InChI=1S/C16H16ClIN2O/c1-11(12-6-8-13(17)9-7-12)19-10-16(21)20-15-5-3-2-4-14(15)18/h2-9,11,19H,10H2,1H3,(H,20,21)/t11-/m0/s1. The Balaban J connectivity index is 1.86. The highest BCUT2D eigenvalue weighted by atomic mass is 127. The van der Waals surface area contributed by atoms with E-state index in [0.717, 1.165) is 14.8 Å². The molecule has 0 aliphatic heterocycles. The van der Waals surface area contributed by atoms with Crippen LogP contribution in [0.5, 0.6) is 0 Å². The van der Waals surface area contributed by atoms with Gasteiger partial charge in [-0.05, 0) is 59.3 Å². The molecule has 2 rings (SSSR count). The van der Waals surface area contributed by atoms with Crippen LogP contribution in [-0.2, 0) is 4.79 Å². The van der Waals surface area contributed by atoms with Gasteiger partial charge in [0.05, 0.1) is 12.2 Å². The summed E-state index contributed by atoms with van der Waals surface area (Å²) in [6.07, 6.45) is 0. The van der Waals surface area contributed by atoms with Crippen LogP contribution in [-0.4, -0.2) is 12.5 Å². The van der Waals surface area contributed by atoms with Crippen molar-refractivity contribution in [2.45, 2.75) is 13.0 Å². The minimum absolute atomic E-state index is 0.0556. The van der Waals surface area contributed by atoms with E-state index in [0.29, 0.717) is 5.02 Å². The van der Waals surface area contributed by atoms with E-state index in [4.69, 9.17) is 11.6 Å². The maximum atomic E-state index is 12.0. The van der Waals surface area contributed by atoms with Gasteiger partial charge in [0.25, 0.3) is 0 Å². The quantitative estimate of drug-likeness (QED) is 0.719. The van der Waals surface area contributed by atoms with Crippen molar-refractivity contribution in [3.8, 4) is 0 Å². The Kier molecular flexibility index (Phi) is 6.02. The first-order valence-electron chi connectivity index (χ1n) is 6.59. The van der Waals surface area contributed by atoms with Gasteiger partial charge >= 0.3 is 0 Å². The Morgan fingerprint density at radius 2 is 1.86 bits per heavy atom. The average molecular weight is 415 g/mol. The van der Waals surface area contributed by atoms with Crippen LogP contribution in [0.1, 0.15) is 18.5 Å². The Morgan fingerprint density at radius 3 is 2.52 bits per heavy atom. The zero-order valence-electron chi connectivity index (χ0n) is 11.6. The van der Waals surface area contributed by atoms with Crippen molar-refractivity contribution >= 4 is 45.8 Å². The fraction of sp³-hybridized carbons (Fsp3) is 0.188. The summed E-state index contributed by atoms with van der Waals surface area (Å²) in [6, 6.07) is 15.4. The van der Waals surface area contributed by atoms with E-state index < -0.39 is 0 Å². The second kappa shape index (κ2) is 7.77. The van der Waals surface area contributed by atoms with E-state index in [-0.39, 0.29) is 18.5 Å². The van der Waals surface area contributed by atoms with Gasteiger partial charge in [0.1, 0.15) is 0 Å². The van der Waals surface area contributed by atoms with Crippen LogP contribution >= 0.6 is 34.2 Å². The second-order valence-electron chi connectivity index (χ2n) is 4.68. The minimum atomic E-state index is -0.0556. The van der Waals surface area contributed by atoms with Crippen LogP contribution in [0.15, 0.2) is 48.5 Å². The molecule has 0 heterocycles. The van der Waals surface area contributed by atoms with E-state index in [1.54, 1.807) is 0 Å². The maximum Gasteiger partial charge on any atom is 0.238 e. The van der Waals surface area contributed by atoms with Gasteiger partial charge < -0.3 is 10.6 Å². The number of nitrogens with one attached hydrogen (secondary N) is 2. The van der Waals surface area contributed by atoms with E-state index in [1.165, 1.54) is 0 Å². The van der Waals surface area contributed by atoms with Gasteiger partial charge in [0, 0.05) is 14.6 Å². The molecule has 21 heavy (non-hydrogen) atoms. The first kappa shape index (κ1) is 16.3. The van der Waals surface area contributed by atoms with Crippen LogP contribution < -0.4 is 10.6 Å². The smallest absolute Gasteiger partial charge is 0.238 e. The molecule has 0 saturated carbocycles. The van der Waals surface area contributed by atoms with E-state index in [2.05, 4.69) is 33.2 Å². The van der Waals surface area contributed by atoms with Crippen molar-refractivity contribution in [2.24, 2.45) is 0 Å². The lowest BCUT2D eigenvalue weighted by Gasteiger charge is -2.14. The molecular weight excluding hydrogens is 399 g/mol. The number of benzene rings is 2. The molecule has 0 spiro atoms. The van der Waals surface area contributed by atoms with Crippen molar-refractivity contribution in [3.63, 3.8) is 0 Å². The largest absolute Gasteiger partial charge is 0.324 e. The first-order valence-corrected chi connectivity index (χ1v) is 8.05. The number of carbonyl (C=O) groups is 1. The molecule has 110 valence electrons. The molecule has 0 radical (unpaired) electrons. The summed E-state index contributed by atoms with van der Waals surface area (Å²) >= 11 is 8.06. The molecule has 0 bridgehead atoms. The molecule has 0 unspecified atom stereocenters. The molecule has 2 aromatic carbocycles. The lowest BCUT2D eigenvalue weighted by molar-refractivity contribution is -0.115. The summed E-state index contributed by atoms with van der Waals surface area (Å²) in [5, 5.41) is 6.81. The number of para-hydroxylation sites is 1. The summed E-state index contributed by atoms with van der Waals surface area (Å²) < 4.78 is 1.02. The highest BCUT2D eigenvalue weighted by Crippen LogP contribution is 2.17. The predicted molar refractivity (Wildman–Crippen MR) is 95.7 cm³/mol. The zero-order chi connectivity index (χ0) is 15.2. The van der Waals surface area contributed by atoms with E-state index in [9.17, 15) is 4.79 Å². The molecule has 0 saturated heterocycles. The Hall–Kier alpha value is -1.11. The van der Waals surface area contributed by atoms with Crippen LogP contribution in [0.4, 0.5) is 5.69 Å². The molecule has 2 N–H and O–H groups in total. The van der Waals surface area contributed by atoms with Crippen LogP contribution in [0.2, 0.25) is 5.02 Å². The summed E-state index contributed by atoms with van der Waals surface area (Å²) in [4.78, 5) is 12.0. The van der Waals surface area contributed by atoms with Crippen LogP contribution in [0.25, 0.3) is 0 Å². The third-order valence-electron chi connectivity index (χ3n) is 3.09. The van der Waals surface area contributed by atoms with Crippen molar-refractivity contribution < 1.29 is 4.79 Å². The van der Waals surface area contributed by atoms with Crippen LogP contribution in [0, 0.1) is 3.57 Å². The first-order chi connectivity index (χ1) is 10.1. The molecular formula is C16H16ClIN2O. The van der Waals surface area contributed by atoms with E-state index in [1.807, 2.05) is 55.5 Å². The number of hydrogen-bond acceptors (Lipinski definition) is 2. The summed E-state index contributed by atoms with van der Waals surface area (Å²) in [5.74, 6) is -0.0556. The molecule has 0 aromatic heterocycles. The summed E-state index contributed by atoms with van der Waals surface area (Å²) in [6.45, 7) is 2.28. The molecule has 1 atom stereocenters. The Bertz CT molecular complexity index is 616. The number of amides is 1. The Labute approximate surface area is 143 Å². The number of carbonyl (C=O) groups excluding carboxylic acids is 1. The molecule has 0 aliphatic carbocycles. The van der Waals surface area contributed by atoms with Gasteiger partial charge in [-0.3, -0.25) is 4.79 Å². The lowest BCUT2D eigenvalue weighted by atomic mass is 10.1. The number of anilines is 1. The highest BCUT2D eigenvalue weighted by Gasteiger charge is 2.09. The predicted octanol–water partition coefficient (Wildman–Crippen LogP) is 4.23. The van der Waals surface area contributed by atoms with Crippen molar-refractivity contribution in [3.05, 3.63) is 62.7 Å². The van der Waals surface area contributed by atoms with Gasteiger partial charge in [-0.1, -0.05) is 35.9 Å². The molecule has 1 amide bonds. The van der Waals surface area contributed by atoms with Crippen molar-refractivity contribution in [1.82, 2.24) is 5.32 Å². The third kappa shape index (κ3) is 4.98. The van der Waals surface area contributed by atoms with Gasteiger partial charge in [0.15, 0.2) is 0 Å². The third-order valence-corrected chi connectivity index (χ3v) is 4.28. The maximum absolute atomic E-state index is 12.0. The molecule has 0 aliphatic rings. The molecule has 5 heteroatoms. The monoisotopic (exact) mass is 414 g/mol. The van der Waals surface area contributed by atoms with Crippen molar-refractivity contribution in [1.29, 1.82) is 0 Å². The second-order valence-corrected chi connectivity index (χ2v) is 6.28. The normalized spacial score (nSPS) is 12.0. The van der Waals surface area contributed by atoms with Gasteiger partial charge in [-0.2, -0.15) is 0 Å². The van der Waals surface area contributed by atoms with Gasteiger partial charge in [-0.25, -0.2) is 0 Å².